The van der Waals surface area contributed by atoms with Crippen molar-refractivity contribution in [3.8, 4) is 21.4 Å². The summed E-state index contributed by atoms with van der Waals surface area (Å²) in [4.78, 5) is 60.4. The Kier molecular flexibility index (Phi) is 22.1. The normalized spacial score (nSPS) is 10.7. The molecule has 10 heterocycles. The summed E-state index contributed by atoms with van der Waals surface area (Å²) in [6.45, 7) is 11.7. The summed E-state index contributed by atoms with van der Waals surface area (Å²) in [5, 5.41) is 10.8. The molecule has 0 atom stereocenters. The number of halogens is 8. The fourth-order valence-corrected chi connectivity index (χ4v) is 8.34. The predicted octanol–water partition coefficient (Wildman–Crippen LogP) is 12.1. The maximum absolute atomic E-state index is 12.7. The minimum atomic E-state index is -4.69. The Hall–Kier alpha value is -8.09. The number of thiophene rings is 2. The number of nitrogens with one attached hydrogen (secondary N) is 1. The van der Waals surface area contributed by atoms with E-state index >= 15 is 0 Å². The van der Waals surface area contributed by atoms with E-state index in [0.717, 1.165) is 43.9 Å². The molecular formula is C47H45BrClF6N19O2S2. The molecule has 0 aliphatic carbocycles. The van der Waals surface area contributed by atoms with Crippen LogP contribution in [0.3, 0.4) is 0 Å². The monoisotopic (exact) mass is 1200 g/mol. The molecule has 31 heteroatoms. The zero-order valence-electron chi connectivity index (χ0n) is 41.0. The van der Waals surface area contributed by atoms with Gasteiger partial charge in [0.1, 0.15) is 5.15 Å². The quantitative estimate of drug-likeness (QED) is 0.100. The number of aryl methyl sites for hydroxylation is 6. The highest BCUT2D eigenvalue weighted by molar-refractivity contribution is 9.08. The van der Waals surface area contributed by atoms with Crippen molar-refractivity contribution in [3.63, 3.8) is 0 Å². The third-order valence-corrected chi connectivity index (χ3v) is 12.2. The average molecular weight is 1200 g/mol. The molecule has 10 rings (SSSR count). The van der Waals surface area contributed by atoms with E-state index in [1.54, 1.807) is 78.7 Å². The Bertz CT molecular complexity index is 3340. The molecule has 0 aliphatic rings. The summed E-state index contributed by atoms with van der Waals surface area (Å²) in [6.07, 6.45) is 4.89. The van der Waals surface area contributed by atoms with Crippen LogP contribution in [0.15, 0.2) is 107 Å². The molecule has 10 aromatic heterocycles. The molecule has 10 aromatic rings. The summed E-state index contributed by atoms with van der Waals surface area (Å²) in [5.74, 6) is -0.327. The first-order valence-corrected chi connectivity index (χ1v) is 25.0. The van der Waals surface area contributed by atoms with Crippen LogP contribution in [0.25, 0.3) is 21.4 Å². The topological polar surface area (TPSA) is 274 Å². The van der Waals surface area contributed by atoms with Crippen LogP contribution in [-0.2, 0) is 24.2 Å². The Morgan fingerprint density at radius 1 is 0.590 bits per heavy atom. The molecule has 0 aromatic carbocycles. The fourth-order valence-electron chi connectivity index (χ4n) is 5.99. The maximum Gasteiger partial charge on any atom is 0.471 e. The number of hydrogen-bond acceptors (Lipinski definition) is 23. The first-order chi connectivity index (χ1) is 36.6. The smallest absolute Gasteiger partial charge is 0.368 e. The van der Waals surface area contributed by atoms with Crippen LogP contribution >= 0.6 is 50.2 Å². The average Bonchev–Trinajstić information content (AvgIpc) is 4.24. The van der Waals surface area contributed by atoms with E-state index in [-0.39, 0.29) is 19.1 Å². The molecule has 0 aliphatic heterocycles. The van der Waals surface area contributed by atoms with Crippen molar-refractivity contribution in [1.29, 1.82) is 0 Å². The highest BCUT2D eigenvalue weighted by atomic mass is 79.9. The largest absolute Gasteiger partial charge is 0.471 e. The third kappa shape index (κ3) is 19.2. The van der Waals surface area contributed by atoms with Crippen molar-refractivity contribution in [3.05, 3.63) is 159 Å². The molecule has 0 bridgehead atoms. The standard InChI is InChI=1S/C18H14F3N7OS.C10H11N5.C8H4BrF3N2OS.C6H9N3.C4H3ClN2.CH4/c1-10-7-11(2)25-17(24-10)28(14-8-22-5-6-23-14)9-12-3-4-13(30-12)15-26-16(29-27-15)18(19,20)21;1-7-5-8(2)14-10(13-7)15-9-6-11-3-4-12-9;9-3-4-1-2-5(16-4)6-13-7(15-14-6)8(10,11)12;1-4-3-5(2)9-6(7)8-4;5-4-3-6-1-2-7-4;/h3-8H,9H2,1-2H3;3-6H,1-2H3,(H,12,13,14,15);1-2H,3H2;3H,1-2H3,(H2,7,8,9);1-3H;1H4. The molecule has 3 N–H and O–H groups in total. The minimum absolute atomic E-state index is 0. The van der Waals surface area contributed by atoms with Crippen LogP contribution in [0.4, 0.5) is 55.8 Å². The molecule has 0 amide bonds. The van der Waals surface area contributed by atoms with Gasteiger partial charge in [-0.2, -0.15) is 36.3 Å². The van der Waals surface area contributed by atoms with Gasteiger partial charge < -0.3 is 20.1 Å². The lowest BCUT2D eigenvalue weighted by atomic mass is 10.3. The summed E-state index contributed by atoms with van der Waals surface area (Å²) in [7, 11) is 0. The van der Waals surface area contributed by atoms with Gasteiger partial charge in [-0.3, -0.25) is 19.9 Å². The Labute approximate surface area is 462 Å². The molecule has 0 spiro atoms. The van der Waals surface area contributed by atoms with Crippen LogP contribution < -0.4 is 16.0 Å². The number of nitrogens with two attached hydrogens (primary N) is 1. The van der Waals surface area contributed by atoms with Gasteiger partial charge in [-0.25, -0.2) is 44.9 Å². The molecule has 0 saturated heterocycles. The van der Waals surface area contributed by atoms with Crippen LogP contribution in [0.2, 0.25) is 5.15 Å². The van der Waals surface area contributed by atoms with Gasteiger partial charge in [0.15, 0.2) is 11.6 Å². The number of alkyl halides is 7. The van der Waals surface area contributed by atoms with Gasteiger partial charge >= 0.3 is 24.1 Å². The number of nitrogen functional groups attached to an aromatic ring is 1. The SMILES string of the molecule is C.Cc1cc(C)nc(N(Cc2ccc(-c3noc(C(F)(F)F)n3)s2)c2cnccn2)n1.Cc1cc(C)nc(N)n1.Cc1cc(C)nc(Nc2cnccn2)n1.Clc1cnccn1.FC(F)(F)c1nc(-c2ccc(CBr)s2)no1. The van der Waals surface area contributed by atoms with E-state index < -0.39 is 24.1 Å². The van der Waals surface area contributed by atoms with Gasteiger partial charge in [-0.15, -0.1) is 22.7 Å². The van der Waals surface area contributed by atoms with Crippen LogP contribution in [0.5, 0.6) is 0 Å². The molecule has 0 radical (unpaired) electrons. The van der Waals surface area contributed by atoms with E-state index in [4.69, 9.17) is 17.3 Å². The first-order valence-electron chi connectivity index (χ1n) is 21.9. The molecule has 408 valence electrons. The second kappa shape index (κ2) is 28.3. The van der Waals surface area contributed by atoms with Crippen LogP contribution in [-0.4, -0.2) is 80.1 Å². The number of hydrogen-bond donors (Lipinski definition) is 2. The highest BCUT2D eigenvalue weighted by Crippen LogP contribution is 2.34. The number of nitrogens with zero attached hydrogens (tertiary/aromatic N) is 17. The van der Waals surface area contributed by atoms with Crippen LogP contribution in [0, 0.1) is 41.5 Å². The van der Waals surface area contributed by atoms with Crippen molar-refractivity contribution in [2.24, 2.45) is 0 Å². The molecule has 0 unspecified atom stereocenters. The van der Waals surface area contributed by atoms with E-state index in [9.17, 15) is 26.3 Å². The maximum atomic E-state index is 12.7. The first kappa shape index (κ1) is 60.8. The van der Waals surface area contributed by atoms with Gasteiger partial charge in [-0.1, -0.05) is 45.3 Å². The van der Waals surface area contributed by atoms with Crippen molar-refractivity contribution in [2.75, 3.05) is 16.0 Å². The predicted molar refractivity (Wildman–Crippen MR) is 284 cm³/mol. The van der Waals surface area contributed by atoms with Crippen molar-refractivity contribution in [1.82, 2.24) is 80.1 Å². The number of aromatic nitrogens is 16. The molecule has 0 saturated carbocycles. The van der Waals surface area contributed by atoms with Gasteiger partial charge in [-0.05, 0) is 84.0 Å². The lowest BCUT2D eigenvalue weighted by Gasteiger charge is -2.21. The van der Waals surface area contributed by atoms with Gasteiger partial charge in [0.2, 0.25) is 29.5 Å². The van der Waals surface area contributed by atoms with Crippen molar-refractivity contribution >= 4 is 79.7 Å². The fraction of sp³-hybridized carbons (Fsp3) is 0.234. The van der Waals surface area contributed by atoms with Crippen LogP contribution in [0.1, 0.15) is 63.1 Å². The van der Waals surface area contributed by atoms with Gasteiger partial charge in [0.05, 0.1) is 34.9 Å². The summed E-state index contributed by atoms with van der Waals surface area (Å²) >= 11 is 11.2. The number of rotatable bonds is 9. The lowest BCUT2D eigenvalue weighted by molar-refractivity contribution is -0.160. The number of anilines is 5. The van der Waals surface area contributed by atoms with Crippen molar-refractivity contribution in [2.45, 2.75) is 73.2 Å². The molecule has 0 fully saturated rings. The van der Waals surface area contributed by atoms with Crippen molar-refractivity contribution < 1.29 is 35.4 Å². The van der Waals surface area contributed by atoms with Gasteiger partial charge in [0.25, 0.3) is 0 Å². The van der Waals surface area contributed by atoms with E-state index in [1.807, 2.05) is 59.7 Å². The molecule has 21 nitrogen and oxygen atoms in total. The third-order valence-electron chi connectivity index (χ3n) is 8.90. The minimum Gasteiger partial charge on any atom is -0.368 e. The molecule has 78 heavy (non-hydrogen) atoms. The second-order valence-electron chi connectivity index (χ2n) is 15.3. The summed E-state index contributed by atoms with van der Waals surface area (Å²) < 4.78 is 83.1. The second-order valence-corrected chi connectivity index (χ2v) is 18.6. The Morgan fingerprint density at radius 3 is 1.45 bits per heavy atom. The van der Waals surface area contributed by atoms with E-state index in [2.05, 4.69) is 110 Å². The van der Waals surface area contributed by atoms with Gasteiger partial charge in [0, 0.05) is 86.4 Å². The Balaban J connectivity index is 0.000000197. The highest BCUT2D eigenvalue weighted by Gasteiger charge is 2.39. The summed E-state index contributed by atoms with van der Waals surface area (Å²) in [5.41, 5.74) is 10.6. The zero-order chi connectivity index (χ0) is 55.7. The lowest BCUT2D eigenvalue weighted by Crippen LogP contribution is -2.20. The summed E-state index contributed by atoms with van der Waals surface area (Å²) in [6, 6.07) is 12.5. The molecular weight excluding hydrogens is 1160 g/mol. The van der Waals surface area contributed by atoms with E-state index in [1.165, 1.54) is 28.9 Å². The van der Waals surface area contributed by atoms with E-state index in [0.29, 0.717) is 56.3 Å². The zero-order valence-corrected chi connectivity index (χ0v) is 45.0. The Morgan fingerprint density at radius 2 is 1.05 bits per heavy atom.